The maximum Gasteiger partial charge on any atom is 0.278 e. The monoisotopic (exact) mass is 525 g/mol. The van der Waals surface area contributed by atoms with Crippen molar-refractivity contribution in [2.75, 3.05) is 13.2 Å². The zero-order valence-corrected chi connectivity index (χ0v) is 20.0. The van der Waals surface area contributed by atoms with E-state index in [1.807, 2.05) is 65.4 Å². The van der Waals surface area contributed by atoms with Gasteiger partial charge in [0, 0.05) is 27.9 Å². The molecule has 2 aromatic heterocycles. The van der Waals surface area contributed by atoms with Gasteiger partial charge in [-0.15, -0.1) is 16.4 Å². The summed E-state index contributed by atoms with van der Waals surface area (Å²) in [5.74, 6) is 0.651. The molecule has 0 spiro atoms. The third-order valence-electron chi connectivity index (χ3n) is 4.42. The lowest BCUT2D eigenvalue weighted by molar-refractivity contribution is -0.123. The summed E-state index contributed by atoms with van der Waals surface area (Å²) in [7, 11) is 0. The molecule has 0 aliphatic heterocycles. The van der Waals surface area contributed by atoms with E-state index in [4.69, 9.17) is 9.47 Å². The fourth-order valence-corrected chi connectivity index (χ4v) is 4.09. The van der Waals surface area contributed by atoms with E-state index in [9.17, 15) is 4.79 Å². The fourth-order valence-electron chi connectivity index (χ4n) is 2.96. The van der Waals surface area contributed by atoms with Gasteiger partial charge in [-0.25, -0.2) is 10.4 Å². The molecule has 2 heterocycles. The van der Waals surface area contributed by atoms with Crippen LogP contribution in [-0.4, -0.2) is 33.7 Å². The number of benzene rings is 2. The lowest BCUT2D eigenvalue weighted by Crippen LogP contribution is -2.28. The van der Waals surface area contributed by atoms with Crippen LogP contribution in [-0.2, 0) is 4.79 Å². The van der Waals surface area contributed by atoms with E-state index in [1.54, 1.807) is 0 Å². The van der Waals surface area contributed by atoms with Crippen LogP contribution < -0.4 is 19.7 Å². The van der Waals surface area contributed by atoms with Gasteiger partial charge in [0.1, 0.15) is 5.75 Å². The molecular weight excluding hydrogens is 506 g/mol. The molecule has 1 amide bonds. The van der Waals surface area contributed by atoms with Crippen molar-refractivity contribution >= 4 is 33.2 Å². The molecule has 0 fully saturated rings. The minimum atomic E-state index is -0.405. The summed E-state index contributed by atoms with van der Waals surface area (Å²) in [6, 6.07) is 15.7. The molecule has 0 aliphatic carbocycles. The Morgan fingerprint density at radius 3 is 2.61 bits per heavy atom. The lowest BCUT2D eigenvalue weighted by Gasteiger charge is -2.11. The van der Waals surface area contributed by atoms with E-state index in [0.29, 0.717) is 11.4 Å². The van der Waals surface area contributed by atoms with Gasteiger partial charge in [0.25, 0.3) is 5.91 Å². The Kier molecular flexibility index (Phi) is 7.48. The van der Waals surface area contributed by atoms with Crippen molar-refractivity contribution in [3.05, 3.63) is 81.8 Å². The van der Waals surface area contributed by atoms with Crippen LogP contribution in [0, 0.1) is 0 Å². The van der Waals surface area contributed by atoms with Crippen LogP contribution in [0.5, 0.6) is 11.6 Å². The SMILES string of the molecule is CCOc1ccc(-n2c(-c3ccc(Br)cc3)cs/c2=N\NC(=O)COc2cnccn2)cc1. The van der Waals surface area contributed by atoms with E-state index in [-0.39, 0.29) is 12.5 Å². The highest BCUT2D eigenvalue weighted by Gasteiger charge is 2.11. The highest BCUT2D eigenvalue weighted by atomic mass is 79.9. The smallest absolute Gasteiger partial charge is 0.278 e. The third-order valence-corrected chi connectivity index (χ3v) is 5.78. The van der Waals surface area contributed by atoms with E-state index < -0.39 is 5.91 Å². The zero-order valence-electron chi connectivity index (χ0n) is 17.6. The molecule has 8 nitrogen and oxygen atoms in total. The summed E-state index contributed by atoms with van der Waals surface area (Å²) in [5.41, 5.74) is 5.41. The van der Waals surface area contributed by atoms with Gasteiger partial charge in [-0.3, -0.25) is 14.3 Å². The van der Waals surface area contributed by atoms with E-state index in [1.165, 1.54) is 29.9 Å². The number of halogens is 1. The van der Waals surface area contributed by atoms with Gasteiger partial charge in [-0.2, -0.15) is 0 Å². The maximum absolute atomic E-state index is 12.3. The van der Waals surface area contributed by atoms with E-state index in [0.717, 1.165) is 27.2 Å². The minimum Gasteiger partial charge on any atom is -0.494 e. The Labute approximate surface area is 202 Å². The summed E-state index contributed by atoms with van der Waals surface area (Å²) in [6.07, 6.45) is 4.46. The quantitative estimate of drug-likeness (QED) is 0.348. The molecule has 10 heteroatoms. The number of amides is 1. The molecule has 0 radical (unpaired) electrons. The Bertz CT molecular complexity index is 1270. The van der Waals surface area contributed by atoms with Gasteiger partial charge in [0.15, 0.2) is 6.61 Å². The number of hydrogen-bond acceptors (Lipinski definition) is 7. The van der Waals surface area contributed by atoms with Crippen molar-refractivity contribution in [3.8, 4) is 28.6 Å². The number of nitrogens with one attached hydrogen (secondary N) is 1. The van der Waals surface area contributed by atoms with Gasteiger partial charge in [-0.1, -0.05) is 28.1 Å². The van der Waals surface area contributed by atoms with E-state index >= 15 is 0 Å². The average molecular weight is 526 g/mol. The first-order valence-corrected chi connectivity index (χ1v) is 11.7. The molecule has 1 N–H and O–H groups in total. The second kappa shape index (κ2) is 10.9. The van der Waals surface area contributed by atoms with Crippen LogP contribution in [0.1, 0.15) is 6.92 Å². The number of aromatic nitrogens is 3. The average Bonchev–Trinajstić information content (AvgIpc) is 3.27. The number of rotatable bonds is 8. The van der Waals surface area contributed by atoms with Crippen molar-refractivity contribution in [1.29, 1.82) is 0 Å². The predicted octanol–water partition coefficient (Wildman–Crippen LogP) is 4.17. The summed E-state index contributed by atoms with van der Waals surface area (Å²) >= 11 is 4.89. The molecule has 0 bridgehead atoms. The van der Waals surface area contributed by atoms with Gasteiger partial charge >= 0.3 is 0 Å². The molecule has 0 saturated heterocycles. The summed E-state index contributed by atoms with van der Waals surface area (Å²) in [6.45, 7) is 2.31. The fraction of sp³-hybridized carbons (Fsp3) is 0.130. The topological polar surface area (TPSA) is 90.6 Å². The van der Waals surface area contributed by atoms with Crippen molar-refractivity contribution in [2.24, 2.45) is 5.10 Å². The van der Waals surface area contributed by atoms with Crippen LogP contribution >= 0.6 is 27.3 Å². The zero-order chi connectivity index (χ0) is 23.0. The summed E-state index contributed by atoms with van der Waals surface area (Å²) < 4.78 is 13.9. The number of ether oxygens (including phenoxy) is 2. The molecule has 2 aromatic carbocycles. The number of thiazole rings is 1. The number of nitrogens with zero attached hydrogens (tertiary/aromatic N) is 4. The van der Waals surface area contributed by atoms with Crippen LogP contribution in [0.3, 0.4) is 0 Å². The Hall–Kier alpha value is -3.50. The predicted molar refractivity (Wildman–Crippen MR) is 129 cm³/mol. The first-order chi connectivity index (χ1) is 16.1. The molecular formula is C23H20BrN5O3S. The number of hydrogen-bond donors (Lipinski definition) is 1. The first-order valence-electron chi connectivity index (χ1n) is 10.0. The summed E-state index contributed by atoms with van der Waals surface area (Å²) in [5, 5.41) is 6.34. The second-order valence-corrected chi connectivity index (χ2v) is 8.40. The van der Waals surface area contributed by atoms with Gasteiger partial charge in [-0.05, 0) is 48.9 Å². The molecule has 4 aromatic rings. The van der Waals surface area contributed by atoms with Gasteiger partial charge in [0.05, 0.1) is 18.5 Å². The first kappa shape index (κ1) is 22.7. The molecule has 0 saturated carbocycles. The number of carbonyl (C=O) groups excluding carboxylic acids is 1. The number of carbonyl (C=O) groups is 1. The Balaban J connectivity index is 1.62. The van der Waals surface area contributed by atoms with Crippen LogP contribution in [0.2, 0.25) is 0 Å². The highest BCUT2D eigenvalue weighted by molar-refractivity contribution is 9.10. The molecule has 0 atom stereocenters. The molecule has 0 aliphatic rings. The maximum atomic E-state index is 12.3. The normalized spacial score (nSPS) is 11.3. The molecule has 0 unspecified atom stereocenters. The standard InChI is InChI=1S/C23H20BrN5O3S/c1-2-31-19-9-7-18(8-10-19)29-20(16-3-5-17(24)6-4-16)15-33-23(29)28-27-21(30)14-32-22-13-25-11-12-26-22/h3-13,15H,2,14H2,1H3,(H,27,30)/b28-23-. The minimum absolute atomic E-state index is 0.226. The lowest BCUT2D eigenvalue weighted by atomic mass is 10.1. The van der Waals surface area contributed by atoms with Crippen molar-refractivity contribution in [3.63, 3.8) is 0 Å². The van der Waals surface area contributed by atoms with E-state index in [2.05, 4.69) is 36.4 Å². The van der Waals surface area contributed by atoms with Crippen LogP contribution in [0.15, 0.2) is 82.1 Å². The van der Waals surface area contributed by atoms with Crippen molar-refractivity contribution in [2.45, 2.75) is 6.92 Å². The van der Waals surface area contributed by atoms with Gasteiger partial charge < -0.3 is 9.47 Å². The van der Waals surface area contributed by atoms with Gasteiger partial charge in [0.2, 0.25) is 10.7 Å². The van der Waals surface area contributed by atoms with Crippen LogP contribution in [0.4, 0.5) is 0 Å². The molecule has 4 rings (SSSR count). The Morgan fingerprint density at radius 1 is 1.12 bits per heavy atom. The van der Waals surface area contributed by atoms with Crippen LogP contribution in [0.25, 0.3) is 16.9 Å². The second-order valence-electron chi connectivity index (χ2n) is 6.65. The third kappa shape index (κ3) is 5.85. The highest BCUT2D eigenvalue weighted by Crippen LogP contribution is 2.26. The van der Waals surface area contributed by atoms with Crippen molar-refractivity contribution < 1.29 is 14.3 Å². The largest absolute Gasteiger partial charge is 0.494 e. The van der Waals surface area contributed by atoms with Crippen molar-refractivity contribution in [1.82, 2.24) is 20.0 Å². The molecule has 168 valence electrons. The summed E-state index contributed by atoms with van der Waals surface area (Å²) in [4.78, 5) is 20.7. The Morgan fingerprint density at radius 2 is 1.91 bits per heavy atom. The molecule has 33 heavy (non-hydrogen) atoms.